The third-order valence-corrected chi connectivity index (χ3v) is 8.32. The molecule has 3 aromatic carbocycles. The van der Waals surface area contributed by atoms with Gasteiger partial charge in [-0.3, -0.25) is 4.79 Å². The maximum Gasteiger partial charge on any atom is 0.243 e. The number of carbonyl (C=O) groups is 1. The largest absolute Gasteiger partial charge is 0.354 e. The molecular weight excluding hydrogens is 466 g/mol. The molecule has 8 heteroatoms. The molecule has 0 aliphatic rings. The highest BCUT2D eigenvalue weighted by Crippen LogP contribution is 2.27. The van der Waals surface area contributed by atoms with Gasteiger partial charge in [0.05, 0.1) is 26.7 Å². The van der Waals surface area contributed by atoms with E-state index in [0.717, 1.165) is 26.4 Å². The number of sulfonamides is 1. The Morgan fingerprint density at radius 3 is 2.41 bits per heavy atom. The predicted octanol–water partition coefficient (Wildman–Crippen LogP) is 4.72. The van der Waals surface area contributed by atoms with E-state index in [1.807, 2.05) is 74.5 Å². The summed E-state index contributed by atoms with van der Waals surface area (Å²) in [5.41, 5.74) is 2.69. The summed E-state index contributed by atoms with van der Waals surface area (Å²) < 4.78 is 29.3. The Morgan fingerprint density at radius 2 is 1.71 bits per heavy atom. The van der Waals surface area contributed by atoms with Crippen molar-refractivity contribution >= 4 is 37.5 Å². The average Bonchev–Trinajstić information content (AvgIpc) is 3.22. The zero-order valence-corrected chi connectivity index (χ0v) is 20.8. The highest BCUT2D eigenvalue weighted by atomic mass is 32.2. The molecule has 176 valence electrons. The summed E-state index contributed by atoms with van der Waals surface area (Å²) in [5.74, 6) is -0.224. The number of nitrogens with zero attached hydrogens (tertiary/aromatic N) is 2. The molecule has 0 radical (unpaired) electrons. The second-order valence-electron chi connectivity index (χ2n) is 8.24. The van der Waals surface area contributed by atoms with E-state index in [9.17, 15) is 13.2 Å². The van der Waals surface area contributed by atoms with Crippen molar-refractivity contribution < 1.29 is 13.2 Å². The Bertz CT molecular complexity index is 1370. The van der Waals surface area contributed by atoms with Crippen molar-refractivity contribution in [3.05, 3.63) is 95.0 Å². The van der Waals surface area contributed by atoms with Gasteiger partial charge in [0.1, 0.15) is 0 Å². The summed E-state index contributed by atoms with van der Waals surface area (Å²) in [4.78, 5) is 17.4. The van der Waals surface area contributed by atoms with Crippen molar-refractivity contribution in [1.82, 2.24) is 14.6 Å². The lowest BCUT2D eigenvalue weighted by atomic mass is 10.0. The first-order valence-corrected chi connectivity index (χ1v) is 13.3. The van der Waals surface area contributed by atoms with Gasteiger partial charge in [-0.05, 0) is 42.2 Å². The summed E-state index contributed by atoms with van der Waals surface area (Å²) in [7, 11) is -3.92. The molecule has 4 aromatic rings. The third kappa shape index (κ3) is 5.70. The number of aryl methyl sites for hydroxylation is 1. The van der Waals surface area contributed by atoms with E-state index >= 15 is 0 Å². The maximum atomic E-state index is 13.6. The number of nitrogens with one attached hydrogen (secondary N) is 1. The summed E-state index contributed by atoms with van der Waals surface area (Å²) in [6.07, 6.45) is 0. The Balaban J connectivity index is 1.54. The van der Waals surface area contributed by atoms with Crippen LogP contribution in [0.4, 0.5) is 0 Å². The molecule has 0 spiro atoms. The van der Waals surface area contributed by atoms with Crippen LogP contribution in [-0.2, 0) is 21.4 Å². The number of hydrogen-bond donors (Lipinski definition) is 1. The van der Waals surface area contributed by atoms with Crippen molar-refractivity contribution in [3.63, 3.8) is 0 Å². The van der Waals surface area contributed by atoms with E-state index in [0.29, 0.717) is 6.54 Å². The first-order chi connectivity index (χ1) is 16.3. The Morgan fingerprint density at radius 1 is 1.03 bits per heavy atom. The molecule has 6 nitrogen and oxygen atoms in total. The Labute approximate surface area is 204 Å². The highest BCUT2D eigenvalue weighted by Gasteiger charge is 2.27. The van der Waals surface area contributed by atoms with Crippen LogP contribution in [0, 0.1) is 6.92 Å². The molecule has 4 rings (SSSR count). The van der Waals surface area contributed by atoms with Crippen LogP contribution in [0.15, 0.2) is 83.8 Å². The molecule has 1 atom stereocenters. The number of aromatic nitrogens is 1. The Kier molecular flexibility index (Phi) is 7.41. The van der Waals surface area contributed by atoms with Gasteiger partial charge in [-0.2, -0.15) is 4.31 Å². The van der Waals surface area contributed by atoms with Gasteiger partial charge in [0.15, 0.2) is 0 Å². The maximum absolute atomic E-state index is 13.6. The fourth-order valence-corrected chi connectivity index (χ4v) is 6.08. The normalized spacial score (nSPS) is 12.7. The van der Waals surface area contributed by atoms with Crippen LogP contribution >= 0.6 is 11.3 Å². The van der Waals surface area contributed by atoms with E-state index in [1.54, 1.807) is 18.2 Å². The van der Waals surface area contributed by atoms with Gasteiger partial charge in [-0.15, -0.1) is 11.3 Å². The summed E-state index contributed by atoms with van der Waals surface area (Å²) in [6.45, 7) is 4.18. The predicted molar refractivity (Wildman–Crippen MR) is 136 cm³/mol. The van der Waals surface area contributed by atoms with Crippen molar-refractivity contribution in [2.75, 3.05) is 13.1 Å². The second-order valence-corrected chi connectivity index (χ2v) is 11.4. The molecule has 1 N–H and O–H groups in total. The topological polar surface area (TPSA) is 79.4 Å². The molecule has 1 aromatic heterocycles. The van der Waals surface area contributed by atoms with Crippen molar-refractivity contribution in [1.29, 1.82) is 0 Å². The van der Waals surface area contributed by atoms with Gasteiger partial charge >= 0.3 is 0 Å². The number of thiazole rings is 1. The monoisotopic (exact) mass is 493 g/mol. The third-order valence-electron chi connectivity index (χ3n) is 5.60. The molecule has 0 saturated carbocycles. The van der Waals surface area contributed by atoms with Gasteiger partial charge in [-0.1, -0.05) is 67.6 Å². The number of fused-ring (bicyclic) bond motifs is 1. The molecule has 0 bridgehead atoms. The zero-order valence-electron chi connectivity index (χ0n) is 19.1. The minimum Gasteiger partial charge on any atom is -0.354 e. The van der Waals surface area contributed by atoms with Crippen LogP contribution in [0.5, 0.6) is 0 Å². The van der Waals surface area contributed by atoms with Crippen molar-refractivity contribution in [3.8, 4) is 0 Å². The molecule has 1 amide bonds. The molecule has 34 heavy (non-hydrogen) atoms. The Hall–Kier alpha value is -3.07. The average molecular weight is 494 g/mol. The van der Waals surface area contributed by atoms with Crippen LogP contribution < -0.4 is 5.32 Å². The molecule has 1 unspecified atom stereocenters. The summed E-state index contributed by atoms with van der Waals surface area (Å²) >= 11 is 1.45. The second kappa shape index (κ2) is 10.5. The molecule has 0 aliphatic heterocycles. The van der Waals surface area contributed by atoms with Gasteiger partial charge < -0.3 is 5.32 Å². The van der Waals surface area contributed by atoms with E-state index in [2.05, 4.69) is 10.3 Å². The minimum atomic E-state index is -3.92. The molecule has 0 fully saturated rings. The van der Waals surface area contributed by atoms with Crippen LogP contribution in [-0.4, -0.2) is 36.7 Å². The van der Waals surface area contributed by atoms with Crippen LogP contribution in [0.25, 0.3) is 10.2 Å². The van der Waals surface area contributed by atoms with Crippen LogP contribution in [0.3, 0.4) is 0 Å². The summed E-state index contributed by atoms with van der Waals surface area (Å²) in [5, 5.41) is 3.77. The van der Waals surface area contributed by atoms with Gasteiger partial charge in [0.25, 0.3) is 0 Å². The molecule has 0 aliphatic carbocycles. The van der Waals surface area contributed by atoms with E-state index in [4.69, 9.17) is 0 Å². The van der Waals surface area contributed by atoms with E-state index in [1.165, 1.54) is 15.6 Å². The van der Waals surface area contributed by atoms with Crippen molar-refractivity contribution in [2.45, 2.75) is 31.2 Å². The van der Waals surface area contributed by atoms with Gasteiger partial charge in [-0.25, -0.2) is 13.4 Å². The quantitative estimate of drug-likeness (QED) is 0.366. The van der Waals surface area contributed by atoms with E-state index < -0.39 is 10.0 Å². The lowest BCUT2D eigenvalue weighted by Gasteiger charge is -2.22. The number of carbonyl (C=O) groups excluding carboxylic acids is 1. The minimum absolute atomic E-state index is 0.102. The van der Waals surface area contributed by atoms with E-state index in [-0.39, 0.29) is 29.8 Å². The van der Waals surface area contributed by atoms with Gasteiger partial charge in [0.2, 0.25) is 15.9 Å². The number of hydrogen-bond acceptors (Lipinski definition) is 5. The number of amides is 1. The zero-order chi connectivity index (χ0) is 24.1. The lowest BCUT2D eigenvalue weighted by Crippen LogP contribution is -2.41. The SMILES string of the molecule is Cc1nc2ccc(S(=O)(=O)N(CC(=O)NCC(C)c3ccccc3)Cc3ccccc3)cc2s1. The first-order valence-electron chi connectivity index (χ1n) is 11.1. The van der Waals surface area contributed by atoms with Crippen LogP contribution in [0.2, 0.25) is 0 Å². The standard InChI is InChI=1S/C26H27N3O3S2/c1-19(22-11-7-4-8-12-22)16-27-26(30)18-29(17-21-9-5-3-6-10-21)34(31,32)23-13-14-24-25(15-23)33-20(2)28-24/h3-15,19H,16-18H2,1-2H3,(H,27,30). The molecule has 0 saturated heterocycles. The summed E-state index contributed by atoms with van der Waals surface area (Å²) in [6, 6.07) is 24.1. The van der Waals surface area contributed by atoms with Gasteiger partial charge in [0, 0.05) is 13.1 Å². The van der Waals surface area contributed by atoms with Crippen molar-refractivity contribution in [2.24, 2.45) is 0 Å². The lowest BCUT2D eigenvalue weighted by molar-refractivity contribution is -0.121. The molecular formula is C26H27N3O3S2. The highest BCUT2D eigenvalue weighted by molar-refractivity contribution is 7.89. The molecule has 1 heterocycles. The fourth-order valence-electron chi connectivity index (χ4n) is 3.73. The number of benzene rings is 3. The fraction of sp³-hybridized carbons (Fsp3) is 0.231. The number of rotatable bonds is 9. The van der Waals surface area contributed by atoms with Crippen LogP contribution in [0.1, 0.15) is 29.0 Å². The smallest absolute Gasteiger partial charge is 0.243 e. The first kappa shape index (κ1) is 24.1.